The highest BCUT2D eigenvalue weighted by atomic mass is 19.1. The van der Waals surface area contributed by atoms with E-state index in [1.807, 2.05) is 25.1 Å². The van der Waals surface area contributed by atoms with E-state index in [9.17, 15) is 4.79 Å². The van der Waals surface area contributed by atoms with Gasteiger partial charge in [-0.05, 0) is 18.6 Å². The molecule has 13 heteroatoms. The van der Waals surface area contributed by atoms with Crippen LogP contribution in [-0.2, 0) is 16.1 Å². The first-order valence-corrected chi connectivity index (χ1v) is 13.2. The molecule has 0 radical (unpaired) electrons. The van der Waals surface area contributed by atoms with Gasteiger partial charge in [0.2, 0.25) is 5.91 Å². The van der Waals surface area contributed by atoms with Gasteiger partial charge >= 0.3 is 0 Å². The van der Waals surface area contributed by atoms with Crippen molar-refractivity contribution in [2.75, 3.05) is 38.1 Å². The van der Waals surface area contributed by atoms with Crippen molar-refractivity contribution in [3.63, 3.8) is 0 Å². The van der Waals surface area contributed by atoms with Crippen LogP contribution in [0.2, 0.25) is 0 Å². The van der Waals surface area contributed by atoms with Gasteiger partial charge in [0.05, 0.1) is 32.0 Å². The summed E-state index contributed by atoms with van der Waals surface area (Å²) >= 11 is 0. The van der Waals surface area contributed by atoms with Crippen LogP contribution in [-0.4, -0.2) is 58.1 Å². The highest BCUT2D eigenvalue weighted by Gasteiger charge is 2.20. The molecule has 0 spiro atoms. The highest BCUT2D eigenvalue weighted by molar-refractivity contribution is 5.92. The fourth-order valence-corrected chi connectivity index (χ4v) is 4.38. The first kappa shape index (κ1) is 29.3. The summed E-state index contributed by atoms with van der Waals surface area (Å²) in [5.74, 6) is -0.362. The van der Waals surface area contributed by atoms with Crippen molar-refractivity contribution in [3.8, 4) is 23.0 Å². The lowest BCUT2D eigenvalue weighted by Crippen LogP contribution is -2.09. The fourth-order valence-electron chi connectivity index (χ4n) is 4.38. The molecule has 2 N–H and O–H groups in total. The van der Waals surface area contributed by atoms with Gasteiger partial charge in [-0.3, -0.25) is 9.48 Å². The zero-order valence-corrected chi connectivity index (χ0v) is 23.9. The maximum atomic E-state index is 15.0. The number of fused-ring (bicyclic) bond motifs is 1. The number of ether oxygens (including phenoxy) is 3. The van der Waals surface area contributed by atoms with Gasteiger partial charge in [-0.25, -0.2) is 23.7 Å². The average Bonchev–Trinajstić information content (AvgIpc) is 3.35. The molecule has 5 rings (SSSR count). The zero-order chi connectivity index (χ0) is 30.5. The van der Waals surface area contributed by atoms with Gasteiger partial charge in [-0.2, -0.15) is 5.10 Å². The van der Waals surface area contributed by atoms with E-state index in [2.05, 4.69) is 30.7 Å². The van der Waals surface area contributed by atoms with Crippen LogP contribution in [0.3, 0.4) is 0 Å². The lowest BCUT2D eigenvalue weighted by molar-refractivity contribution is -0.114. The lowest BCUT2D eigenvalue weighted by Gasteiger charge is -2.13. The molecule has 3 aromatic heterocycles. The van der Waals surface area contributed by atoms with Gasteiger partial charge in [-0.15, -0.1) is 0 Å². The molecule has 11 nitrogen and oxygen atoms in total. The Morgan fingerprint density at radius 1 is 1.02 bits per heavy atom. The van der Waals surface area contributed by atoms with Crippen molar-refractivity contribution >= 4 is 34.1 Å². The van der Waals surface area contributed by atoms with E-state index in [1.165, 1.54) is 32.0 Å². The highest BCUT2D eigenvalue weighted by Crippen LogP contribution is 2.32. The van der Waals surface area contributed by atoms with E-state index in [1.54, 1.807) is 18.3 Å². The van der Waals surface area contributed by atoms with Gasteiger partial charge in [0, 0.05) is 55.1 Å². The second-order valence-electron chi connectivity index (χ2n) is 9.53. The monoisotopic (exact) mass is 589 g/mol. The normalized spacial score (nSPS) is 11.0. The Morgan fingerprint density at radius 3 is 2.51 bits per heavy atom. The standard InChI is InChI=1S/C30H29F2N7O4/c1-17-14-33-27(35-18(2)40)13-24(17)36-29-26(42-4)15-34-30(37-29)28-20-7-5-6-8-25(20)39(38-28)16-21-22(31)11-19(12-23(21)32)43-10-9-41-3/h5-8,11-15H,9-10,16H2,1-4H3,(H2,33,34,35,36,37,40). The molecule has 3 heterocycles. The van der Waals surface area contributed by atoms with Crippen molar-refractivity contribution < 1.29 is 27.8 Å². The Balaban J connectivity index is 1.51. The van der Waals surface area contributed by atoms with Crippen LogP contribution < -0.4 is 20.1 Å². The molecule has 0 aliphatic heterocycles. The Kier molecular flexibility index (Phi) is 8.71. The number of rotatable bonds is 11. The number of methoxy groups -OCH3 is 2. The van der Waals surface area contributed by atoms with Gasteiger partial charge in [-0.1, -0.05) is 18.2 Å². The third kappa shape index (κ3) is 6.51. The van der Waals surface area contributed by atoms with E-state index < -0.39 is 11.6 Å². The summed E-state index contributed by atoms with van der Waals surface area (Å²) < 4.78 is 47.4. The quantitative estimate of drug-likeness (QED) is 0.199. The molecule has 222 valence electrons. The van der Waals surface area contributed by atoms with Gasteiger partial charge in [0.25, 0.3) is 0 Å². The molecule has 0 aliphatic rings. The largest absolute Gasteiger partial charge is 0.491 e. The van der Waals surface area contributed by atoms with E-state index in [0.29, 0.717) is 39.7 Å². The fraction of sp³-hybridized carbons (Fsp3) is 0.233. The van der Waals surface area contributed by atoms with Crippen LogP contribution in [0.1, 0.15) is 18.1 Å². The molecule has 43 heavy (non-hydrogen) atoms. The summed E-state index contributed by atoms with van der Waals surface area (Å²) in [5, 5.41) is 11.2. The minimum Gasteiger partial charge on any atom is -0.491 e. The number of carbonyl (C=O) groups excluding carboxylic acids is 1. The van der Waals surface area contributed by atoms with Crippen molar-refractivity contribution in [1.29, 1.82) is 0 Å². The average molecular weight is 590 g/mol. The van der Waals surface area contributed by atoms with Crippen LogP contribution in [0, 0.1) is 18.6 Å². The smallest absolute Gasteiger partial charge is 0.222 e. The van der Waals surface area contributed by atoms with E-state index >= 15 is 8.78 Å². The molecule has 0 bridgehead atoms. The first-order valence-electron chi connectivity index (χ1n) is 13.2. The number of nitrogens with one attached hydrogen (secondary N) is 2. The van der Waals surface area contributed by atoms with Crippen LogP contribution >= 0.6 is 0 Å². The van der Waals surface area contributed by atoms with Crippen LogP contribution in [0.15, 0.2) is 54.9 Å². The number of benzene rings is 2. The number of halogens is 2. The summed E-state index contributed by atoms with van der Waals surface area (Å²) in [6.07, 6.45) is 3.12. The molecule has 1 amide bonds. The molecule has 2 aromatic carbocycles. The zero-order valence-electron chi connectivity index (χ0n) is 23.9. The molecule has 5 aromatic rings. The van der Waals surface area contributed by atoms with Gasteiger partial charge in [0.15, 0.2) is 17.4 Å². The molecule has 0 fully saturated rings. The molecule has 0 saturated carbocycles. The van der Waals surface area contributed by atoms with Crippen molar-refractivity contribution in [2.45, 2.75) is 20.4 Å². The van der Waals surface area contributed by atoms with Gasteiger partial charge in [0.1, 0.15) is 35.5 Å². The molecular formula is C30H29F2N7O4. The molecule has 0 unspecified atom stereocenters. The predicted molar refractivity (Wildman–Crippen MR) is 157 cm³/mol. The Labute approximate surface area is 245 Å². The summed E-state index contributed by atoms with van der Waals surface area (Å²) in [6, 6.07) is 11.2. The number of hydrogen-bond acceptors (Lipinski definition) is 9. The summed E-state index contributed by atoms with van der Waals surface area (Å²) in [4.78, 5) is 24.9. The summed E-state index contributed by atoms with van der Waals surface area (Å²) in [5.41, 5.74) is 2.31. The third-order valence-corrected chi connectivity index (χ3v) is 6.48. The van der Waals surface area contributed by atoms with Gasteiger partial charge < -0.3 is 24.8 Å². The number of carbonyl (C=O) groups is 1. The van der Waals surface area contributed by atoms with E-state index in [-0.39, 0.29) is 42.8 Å². The number of aromatic nitrogens is 5. The topological polar surface area (TPSA) is 125 Å². The molecular weight excluding hydrogens is 560 g/mol. The molecule has 0 saturated heterocycles. The van der Waals surface area contributed by atoms with Crippen LogP contribution in [0.4, 0.5) is 26.1 Å². The maximum Gasteiger partial charge on any atom is 0.222 e. The second kappa shape index (κ2) is 12.8. The molecule has 0 atom stereocenters. The number of hydrogen-bond donors (Lipinski definition) is 2. The Hall–Kier alpha value is -5.17. The van der Waals surface area contributed by atoms with Crippen LogP contribution in [0.25, 0.3) is 22.4 Å². The maximum absolute atomic E-state index is 15.0. The SMILES string of the molecule is COCCOc1cc(F)c(Cn2nc(-c3ncc(OC)c(Nc4cc(NC(C)=O)ncc4C)n3)c3ccccc32)c(F)c1. The van der Waals surface area contributed by atoms with Crippen molar-refractivity contribution in [3.05, 3.63) is 77.6 Å². The minimum absolute atomic E-state index is 0.0714. The van der Waals surface area contributed by atoms with E-state index in [4.69, 9.17) is 14.2 Å². The Morgan fingerprint density at radius 2 is 1.79 bits per heavy atom. The number of para-hydroxylation sites is 1. The predicted octanol–water partition coefficient (Wildman–Crippen LogP) is 5.26. The number of nitrogens with zero attached hydrogens (tertiary/aromatic N) is 5. The second-order valence-corrected chi connectivity index (χ2v) is 9.53. The first-order chi connectivity index (χ1) is 20.8. The van der Waals surface area contributed by atoms with Crippen molar-refractivity contribution in [1.82, 2.24) is 24.7 Å². The minimum atomic E-state index is -0.757. The molecule has 0 aliphatic carbocycles. The number of aryl methyl sites for hydroxylation is 1. The number of amides is 1. The third-order valence-electron chi connectivity index (χ3n) is 6.48. The summed E-state index contributed by atoms with van der Waals surface area (Å²) in [6.45, 7) is 3.53. The summed E-state index contributed by atoms with van der Waals surface area (Å²) in [7, 11) is 3.00. The Bertz CT molecular complexity index is 1770. The number of anilines is 3. The van der Waals surface area contributed by atoms with Crippen molar-refractivity contribution in [2.24, 2.45) is 0 Å². The van der Waals surface area contributed by atoms with E-state index in [0.717, 1.165) is 17.7 Å². The number of pyridine rings is 1. The van der Waals surface area contributed by atoms with Crippen LogP contribution in [0.5, 0.6) is 11.5 Å². The lowest BCUT2D eigenvalue weighted by atomic mass is 10.1.